The minimum Gasteiger partial charge on any atom is -0.406 e. The molecule has 2 aromatic carbocycles. The molecular weight excluding hydrogens is 421 g/mol. The maximum Gasteiger partial charge on any atom is 0.573 e. The molecule has 0 radical (unpaired) electrons. The maximum atomic E-state index is 12.9. The van der Waals surface area contributed by atoms with Crippen LogP contribution in [0.1, 0.15) is 12.5 Å². The Morgan fingerprint density at radius 2 is 1.73 bits per heavy atom. The molecule has 1 atom stereocenters. The summed E-state index contributed by atoms with van der Waals surface area (Å²) < 4.78 is 69.3. The van der Waals surface area contributed by atoms with E-state index < -0.39 is 22.1 Å². The second kappa shape index (κ2) is 7.73. The van der Waals surface area contributed by atoms with E-state index in [0.717, 1.165) is 29.8 Å². The lowest BCUT2D eigenvalue weighted by Gasteiger charge is -2.17. The molecule has 0 N–H and O–H groups in total. The number of nitrogens with zero attached hydrogens (tertiary/aromatic N) is 4. The summed E-state index contributed by atoms with van der Waals surface area (Å²) in [4.78, 5) is -0.0961. The molecule has 1 aliphatic rings. The third kappa shape index (κ3) is 4.31. The van der Waals surface area contributed by atoms with Gasteiger partial charge in [0.2, 0.25) is 10.0 Å². The molecule has 7 nitrogen and oxygen atoms in total. The van der Waals surface area contributed by atoms with Gasteiger partial charge < -0.3 is 4.74 Å². The number of halogens is 3. The number of benzene rings is 2. The molecule has 4 rings (SSSR count). The van der Waals surface area contributed by atoms with Gasteiger partial charge >= 0.3 is 6.36 Å². The molecule has 3 aromatic rings. The van der Waals surface area contributed by atoms with E-state index in [-0.39, 0.29) is 24.0 Å². The second-order valence-electron chi connectivity index (χ2n) is 6.77. The highest BCUT2D eigenvalue weighted by molar-refractivity contribution is 7.89. The number of alkyl halides is 3. The van der Waals surface area contributed by atoms with Crippen LogP contribution >= 0.6 is 0 Å². The maximum absolute atomic E-state index is 12.9. The van der Waals surface area contributed by atoms with Crippen LogP contribution in [-0.2, 0) is 10.0 Å². The second-order valence-corrected chi connectivity index (χ2v) is 8.71. The summed E-state index contributed by atoms with van der Waals surface area (Å²) in [5.74, 6) is -0.475. The Hall–Kier alpha value is -2.92. The molecule has 2 heterocycles. The first-order valence-corrected chi connectivity index (χ1v) is 10.5. The van der Waals surface area contributed by atoms with E-state index >= 15 is 0 Å². The molecule has 0 aliphatic carbocycles. The average Bonchev–Trinajstić information content (AvgIpc) is 3.38. The van der Waals surface area contributed by atoms with Gasteiger partial charge in [0, 0.05) is 18.7 Å². The fourth-order valence-electron chi connectivity index (χ4n) is 3.30. The fourth-order valence-corrected chi connectivity index (χ4v) is 4.80. The van der Waals surface area contributed by atoms with Gasteiger partial charge in [0.1, 0.15) is 11.4 Å². The minimum absolute atomic E-state index is 0.0961. The van der Waals surface area contributed by atoms with Crippen molar-refractivity contribution in [1.82, 2.24) is 19.3 Å². The molecule has 0 spiro atoms. The van der Waals surface area contributed by atoms with Gasteiger partial charge in [-0.05, 0) is 30.7 Å². The van der Waals surface area contributed by atoms with Crippen LogP contribution in [0, 0.1) is 0 Å². The van der Waals surface area contributed by atoms with Crippen LogP contribution < -0.4 is 4.74 Å². The standard InChI is InChI=1S/C19H17F3N4O3S/c20-19(21,22)29-16-6-8-17(9-7-16)30(27,28)25-11-10-15(12-25)26-13-18(23-24-26)14-4-2-1-3-5-14/h1-9,13,15H,10-12H2/t15-/m1/s1. The van der Waals surface area contributed by atoms with Crippen molar-refractivity contribution in [3.63, 3.8) is 0 Å². The number of hydrogen-bond donors (Lipinski definition) is 0. The number of aromatic nitrogens is 3. The molecular formula is C19H17F3N4O3S. The molecule has 1 fully saturated rings. The smallest absolute Gasteiger partial charge is 0.406 e. The summed E-state index contributed by atoms with van der Waals surface area (Å²) in [7, 11) is -3.85. The third-order valence-electron chi connectivity index (χ3n) is 4.78. The van der Waals surface area contributed by atoms with Crippen molar-refractivity contribution in [2.45, 2.75) is 23.7 Å². The van der Waals surface area contributed by atoms with Crippen LogP contribution in [0.25, 0.3) is 11.3 Å². The Balaban J connectivity index is 1.47. The Morgan fingerprint density at radius 1 is 1.03 bits per heavy atom. The summed E-state index contributed by atoms with van der Waals surface area (Å²) in [5.41, 5.74) is 1.60. The molecule has 1 aromatic heterocycles. The summed E-state index contributed by atoms with van der Waals surface area (Å²) in [6.45, 7) is 0.467. The zero-order valence-electron chi connectivity index (χ0n) is 15.5. The van der Waals surface area contributed by atoms with Gasteiger partial charge in [-0.25, -0.2) is 13.1 Å². The van der Waals surface area contributed by atoms with Crippen molar-refractivity contribution in [3.8, 4) is 17.0 Å². The summed E-state index contributed by atoms with van der Waals surface area (Å²) in [6.07, 6.45) is -2.51. The first kappa shape index (κ1) is 20.4. The van der Waals surface area contributed by atoms with Crippen molar-refractivity contribution in [2.75, 3.05) is 13.1 Å². The van der Waals surface area contributed by atoms with E-state index in [0.29, 0.717) is 12.1 Å². The Kier molecular flexibility index (Phi) is 5.24. The molecule has 158 valence electrons. The molecule has 30 heavy (non-hydrogen) atoms. The first-order chi connectivity index (χ1) is 14.2. The molecule has 11 heteroatoms. The largest absolute Gasteiger partial charge is 0.573 e. The van der Waals surface area contributed by atoms with E-state index in [2.05, 4.69) is 15.0 Å². The topological polar surface area (TPSA) is 77.3 Å². The summed E-state index contributed by atoms with van der Waals surface area (Å²) >= 11 is 0. The van der Waals surface area contributed by atoms with Gasteiger partial charge in [0.25, 0.3) is 0 Å². The van der Waals surface area contributed by atoms with Gasteiger partial charge in [-0.15, -0.1) is 18.3 Å². The lowest BCUT2D eigenvalue weighted by Crippen LogP contribution is -2.29. The highest BCUT2D eigenvalue weighted by atomic mass is 32.2. The van der Waals surface area contributed by atoms with Crippen LogP contribution in [0.4, 0.5) is 13.2 Å². The number of rotatable bonds is 5. The lowest BCUT2D eigenvalue weighted by molar-refractivity contribution is -0.274. The SMILES string of the molecule is O=S(=O)(c1ccc(OC(F)(F)F)cc1)N1CC[C@@H](n2cc(-c3ccccc3)nn2)C1. The average molecular weight is 438 g/mol. The van der Waals surface area contributed by atoms with E-state index in [4.69, 9.17) is 0 Å². The first-order valence-electron chi connectivity index (χ1n) is 9.05. The van der Waals surface area contributed by atoms with Crippen LogP contribution in [0.5, 0.6) is 5.75 Å². The number of hydrogen-bond acceptors (Lipinski definition) is 5. The van der Waals surface area contributed by atoms with Gasteiger partial charge in [0.05, 0.1) is 17.1 Å². The zero-order valence-corrected chi connectivity index (χ0v) is 16.3. The highest BCUT2D eigenvalue weighted by Gasteiger charge is 2.35. The predicted octanol–water partition coefficient (Wildman–Crippen LogP) is 3.48. The van der Waals surface area contributed by atoms with Gasteiger partial charge in [-0.1, -0.05) is 35.5 Å². The van der Waals surface area contributed by atoms with Crippen molar-refractivity contribution < 1.29 is 26.3 Å². The van der Waals surface area contributed by atoms with Crippen LogP contribution in [-0.4, -0.2) is 47.2 Å². The van der Waals surface area contributed by atoms with E-state index in [1.165, 1.54) is 4.31 Å². The van der Waals surface area contributed by atoms with Crippen LogP contribution in [0.15, 0.2) is 65.7 Å². The molecule has 0 saturated carbocycles. The van der Waals surface area contributed by atoms with Crippen molar-refractivity contribution >= 4 is 10.0 Å². The Morgan fingerprint density at radius 3 is 2.40 bits per heavy atom. The van der Waals surface area contributed by atoms with Crippen molar-refractivity contribution in [1.29, 1.82) is 0 Å². The van der Waals surface area contributed by atoms with Crippen molar-refractivity contribution in [2.24, 2.45) is 0 Å². The normalized spacial score (nSPS) is 17.9. The Labute approximate surface area is 170 Å². The molecule has 0 unspecified atom stereocenters. The van der Waals surface area contributed by atoms with E-state index in [1.807, 2.05) is 30.3 Å². The van der Waals surface area contributed by atoms with E-state index in [9.17, 15) is 21.6 Å². The van der Waals surface area contributed by atoms with Gasteiger partial charge in [0.15, 0.2) is 0 Å². The number of sulfonamides is 1. The lowest BCUT2D eigenvalue weighted by atomic mass is 10.2. The van der Waals surface area contributed by atoms with Crippen LogP contribution in [0.2, 0.25) is 0 Å². The predicted molar refractivity (Wildman–Crippen MR) is 101 cm³/mol. The van der Waals surface area contributed by atoms with Gasteiger partial charge in [-0.3, -0.25) is 0 Å². The number of ether oxygens (including phenoxy) is 1. The minimum atomic E-state index is -4.83. The van der Waals surface area contributed by atoms with E-state index in [1.54, 1.807) is 10.9 Å². The highest BCUT2D eigenvalue weighted by Crippen LogP contribution is 2.30. The molecule has 0 bridgehead atoms. The van der Waals surface area contributed by atoms with Gasteiger partial charge in [-0.2, -0.15) is 4.31 Å². The quantitative estimate of drug-likeness (QED) is 0.610. The summed E-state index contributed by atoms with van der Waals surface area (Å²) in [6, 6.07) is 13.5. The zero-order chi connectivity index (χ0) is 21.4. The fraction of sp³-hybridized carbons (Fsp3) is 0.263. The van der Waals surface area contributed by atoms with Crippen molar-refractivity contribution in [3.05, 3.63) is 60.8 Å². The molecule has 1 saturated heterocycles. The monoisotopic (exact) mass is 438 g/mol. The third-order valence-corrected chi connectivity index (χ3v) is 6.65. The summed E-state index contributed by atoms with van der Waals surface area (Å²) in [5, 5.41) is 8.29. The van der Waals surface area contributed by atoms with Crippen LogP contribution in [0.3, 0.4) is 0 Å². The molecule has 1 aliphatic heterocycles. The Bertz CT molecular complexity index is 1120. The molecule has 0 amide bonds.